The topological polar surface area (TPSA) is 20.2 Å². The summed E-state index contributed by atoms with van der Waals surface area (Å²) in [5.41, 5.74) is 1.73. The summed E-state index contributed by atoms with van der Waals surface area (Å²) in [6, 6.07) is 12.6. The Hall–Kier alpha value is -1.03. The fourth-order valence-corrected chi connectivity index (χ4v) is 3.98. The van der Waals surface area contributed by atoms with Gasteiger partial charge in [-0.15, -0.1) is 11.8 Å². The molecular formula is C16H14ClFOS. The van der Waals surface area contributed by atoms with Crippen LogP contribution in [-0.2, 0) is 12.8 Å². The van der Waals surface area contributed by atoms with Crippen LogP contribution in [-0.4, -0.2) is 16.5 Å². The summed E-state index contributed by atoms with van der Waals surface area (Å²) in [5.74, 6) is -0.311. The number of fused-ring (bicyclic) bond motifs is 1. The van der Waals surface area contributed by atoms with Crippen LogP contribution in [0.3, 0.4) is 0 Å². The fraction of sp³-hybridized carbons (Fsp3) is 0.250. The smallest absolute Gasteiger partial charge is 0.126 e. The number of rotatable bonds is 3. The minimum absolute atomic E-state index is 0.0748. The summed E-state index contributed by atoms with van der Waals surface area (Å²) in [6.45, 7) is 0. The Balaban J connectivity index is 1.72. The zero-order valence-corrected chi connectivity index (χ0v) is 12.3. The van der Waals surface area contributed by atoms with E-state index in [0.29, 0.717) is 10.6 Å². The van der Waals surface area contributed by atoms with Crippen molar-refractivity contribution in [3.8, 4) is 0 Å². The number of hydrogen-bond donors (Lipinski definition) is 1. The summed E-state index contributed by atoms with van der Waals surface area (Å²) in [6.07, 6.45) is 0.530. The van der Waals surface area contributed by atoms with Gasteiger partial charge in [0.15, 0.2) is 0 Å². The lowest BCUT2D eigenvalue weighted by Crippen LogP contribution is -2.25. The molecule has 104 valence electrons. The van der Waals surface area contributed by atoms with Crippen molar-refractivity contribution in [1.82, 2.24) is 0 Å². The predicted molar refractivity (Wildman–Crippen MR) is 80.9 cm³/mol. The Morgan fingerprint density at radius 3 is 2.90 bits per heavy atom. The van der Waals surface area contributed by atoms with Crippen molar-refractivity contribution in [2.24, 2.45) is 0 Å². The molecule has 1 N–H and O–H groups in total. The molecule has 2 atom stereocenters. The van der Waals surface area contributed by atoms with Crippen LogP contribution in [0.4, 0.5) is 4.39 Å². The van der Waals surface area contributed by atoms with Crippen LogP contribution in [0.5, 0.6) is 0 Å². The monoisotopic (exact) mass is 308 g/mol. The zero-order valence-electron chi connectivity index (χ0n) is 10.7. The number of aliphatic hydroxyl groups is 1. The molecule has 0 saturated heterocycles. The molecule has 20 heavy (non-hydrogen) atoms. The summed E-state index contributed by atoms with van der Waals surface area (Å²) in [4.78, 5) is 1.21. The van der Waals surface area contributed by atoms with Crippen molar-refractivity contribution in [3.05, 3.63) is 64.4 Å². The summed E-state index contributed by atoms with van der Waals surface area (Å²) >= 11 is 7.55. The van der Waals surface area contributed by atoms with Gasteiger partial charge < -0.3 is 5.11 Å². The Bertz CT molecular complexity index is 607. The van der Waals surface area contributed by atoms with E-state index in [1.807, 2.05) is 12.1 Å². The quantitative estimate of drug-likeness (QED) is 0.921. The first kappa shape index (κ1) is 13.9. The summed E-state index contributed by atoms with van der Waals surface area (Å²) in [5, 5.41) is 10.9. The van der Waals surface area contributed by atoms with Crippen LogP contribution in [0.25, 0.3) is 0 Å². The summed E-state index contributed by atoms with van der Waals surface area (Å²) < 4.78 is 13.7. The van der Waals surface area contributed by atoms with Gasteiger partial charge in [0, 0.05) is 21.6 Å². The number of hydrogen-bond acceptors (Lipinski definition) is 2. The highest BCUT2D eigenvalue weighted by Crippen LogP contribution is 2.39. The predicted octanol–water partition coefficient (Wildman–Crippen LogP) is 4.10. The van der Waals surface area contributed by atoms with Crippen molar-refractivity contribution in [1.29, 1.82) is 0 Å². The van der Waals surface area contributed by atoms with Crippen LogP contribution in [0.2, 0.25) is 5.02 Å². The van der Waals surface area contributed by atoms with Gasteiger partial charge in [-0.05, 0) is 41.8 Å². The van der Waals surface area contributed by atoms with Crippen molar-refractivity contribution in [2.45, 2.75) is 29.1 Å². The largest absolute Gasteiger partial charge is 0.392 e. The minimum atomic E-state index is -0.583. The lowest BCUT2D eigenvalue weighted by atomic mass is 10.0. The van der Waals surface area contributed by atoms with Gasteiger partial charge in [-0.1, -0.05) is 29.8 Å². The molecule has 1 nitrogen and oxygen atoms in total. The Morgan fingerprint density at radius 2 is 2.10 bits per heavy atom. The molecule has 0 saturated carbocycles. The highest BCUT2D eigenvalue weighted by atomic mass is 35.5. The number of aliphatic hydroxyl groups excluding tert-OH is 1. The third kappa shape index (κ3) is 2.85. The number of thioether (sulfide) groups is 1. The fourth-order valence-electron chi connectivity index (χ4n) is 2.48. The van der Waals surface area contributed by atoms with Crippen LogP contribution in [0.15, 0.2) is 47.4 Å². The average molecular weight is 309 g/mol. The molecule has 2 unspecified atom stereocenters. The van der Waals surface area contributed by atoms with Gasteiger partial charge >= 0.3 is 0 Å². The van der Waals surface area contributed by atoms with Crippen LogP contribution in [0.1, 0.15) is 11.1 Å². The Labute approximate surface area is 126 Å². The van der Waals surface area contributed by atoms with E-state index in [1.165, 1.54) is 22.6 Å². The highest BCUT2D eigenvalue weighted by Gasteiger charge is 2.28. The molecule has 0 spiro atoms. The second-order valence-electron chi connectivity index (χ2n) is 4.98. The van der Waals surface area contributed by atoms with E-state index in [-0.39, 0.29) is 17.5 Å². The van der Waals surface area contributed by atoms with Crippen molar-refractivity contribution >= 4 is 23.4 Å². The molecule has 4 heteroatoms. The van der Waals surface area contributed by atoms with Gasteiger partial charge in [0.25, 0.3) is 0 Å². The second-order valence-corrected chi connectivity index (χ2v) is 6.69. The van der Waals surface area contributed by atoms with Crippen molar-refractivity contribution in [2.75, 3.05) is 0 Å². The molecule has 2 aromatic rings. The molecule has 0 aliphatic carbocycles. The van der Waals surface area contributed by atoms with E-state index in [4.69, 9.17) is 11.6 Å². The van der Waals surface area contributed by atoms with Gasteiger partial charge in [-0.25, -0.2) is 4.39 Å². The maximum atomic E-state index is 13.7. The lowest BCUT2D eigenvalue weighted by Gasteiger charge is -2.17. The maximum absolute atomic E-state index is 13.7. The minimum Gasteiger partial charge on any atom is -0.392 e. The highest BCUT2D eigenvalue weighted by molar-refractivity contribution is 8.00. The van der Waals surface area contributed by atoms with Crippen molar-refractivity contribution < 1.29 is 9.50 Å². The molecule has 1 aliphatic rings. The molecule has 0 amide bonds. The first-order valence-electron chi connectivity index (χ1n) is 6.50. The average Bonchev–Trinajstić information content (AvgIpc) is 2.87. The van der Waals surface area contributed by atoms with E-state index >= 15 is 0 Å². The molecule has 0 radical (unpaired) electrons. The second kappa shape index (κ2) is 5.76. The Morgan fingerprint density at radius 1 is 1.30 bits per heavy atom. The molecule has 2 aromatic carbocycles. The van der Waals surface area contributed by atoms with E-state index in [9.17, 15) is 9.50 Å². The molecule has 0 bridgehead atoms. The molecule has 1 heterocycles. The SMILES string of the molecule is OC(Cc1cc(Cl)ccc1F)C1Cc2ccccc2S1. The first-order valence-corrected chi connectivity index (χ1v) is 7.76. The standard InChI is InChI=1S/C16H14ClFOS/c17-12-5-6-13(18)11(7-12)8-14(19)16-9-10-3-1-2-4-15(10)20-16/h1-7,14,16,19H,8-9H2. The lowest BCUT2D eigenvalue weighted by molar-refractivity contribution is 0.171. The number of benzene rings is 2. The van der Waals surface area contributed by atoms with Gasteiger partial charge in [0.2, 0.25) is 0 Å². The third-order valence-electron chi connectivity index (χ3n) is 3.54. The van der Waals surface area contributed by atoms with Gasteiger partial charge in [-0.3, -0.25) is 0 Å². The zero-order chi connectivity index (χ0) is 14.1. The van der Waals surface area contributed by atoms with Gasteiger partial charge in [0.1, 0.15) is 5.82 Å². The van der Waals surface area contributed by atoms with Crippen LogP contribution >= 0.6 is 23.4 Å². The molecule has 1 aliphatic heterocycles. The molecule has 0 aromatic heterocycles. The normalized spacial score (nSPS) is 18.9. The van der Waals surface area contributed by atoms with Crippen molar-refractivity contribution in [3.63, 3.8) is 0 Å². The third-order valence-corrected chi connectivity index (χ3v) is 5.21. The van der Waals surface area contributed by atoms with Crippen LogP contribution < -0.4 is 0 Å². The first-order chi connectivity index (χ1) is 9.63. The molecular weight excluding hydrogens is 295 g/mol. The Kier molecular flexibility index (Phi) is 4.01. The summed E-state index contributed by atoms with van der Waals surface area (Å²) in [7, 11) is 0. The van der Waals surface area contributed by atoms with E-state index in [1.54, 1.807) is 17.8 Å². The van der Waals surface area contributed by atoms with Gasteiger partial charge in [0.05, 0.1) is 6.10 Å². The van der Waals surface area contributed by atoms with Gasteiger partial charge in [-0.2, -0.15) is 0 Å². The van der Waals surface area contributed by atoms with Crippen LogP contribution in [0, 0.1) is 5.82 Å². The van der Waals surface area contributed by atoms with E-state index < -0.39 is 6.10 Å². The number of halogens is 2. The molecule has 0 fully saturated rings. The van der Waals surface area contributed by atoms with E-state index in [0.717, 1.165) is 6.42 Å². The molecule has 3 rings (SSSR count). The maximum Gasteiger partial charge on any atom is 0.126 e. The van der Waals surface area contributed by atoms with E-state index in [2.05, 4.69) is 12.1 Å².